The molecule has 3 rings (SSSR count). The lowest BCUT2D eigenvalue weighted by atomic mass is 10.3. The summed E-state index contributed by atoms with van der Waals surface area (Å²) in [5, 5.41) is 0. The van der Waals surface area contributed by atoms with Crippen LogP contribution in [0.1, 0.15) is 18.6 Å². The molecule has 0 saturated carbocycles. The van der Waals surface area contributed by atoms with Gasteiger partial charge in [0.05, 0.1) is 11.9 Å². The number of nitrogens with zero attached hydrogens (tertiary/aromatic N) is 2. The van der Waals surface area contributed by atoms with Crippen LogP contribution < -0.4 is 4.90 Å². The zero-order valence-corrected chi connectivity index (χ0v) is 10.6. The number of hydrogen-bond acceptors (Lipinski definition) is 3. The van der Waals surface area contributed by atoms with E-state index in [4.69, 9.17) is 4.42 Å². The SMILES string of the molecule is Fc1ccc(N=Cc2ccc(N3CCCC3)o2)cc1. The Labute approximate surface area is 111 Å². The topological polar surface area (TPSA) is 28.7 Å². The Kier molecular flexibility index (Phi) is 3.31. The minimum atomic E-state index is -0.256. The van der Waals surface area contributed by atoms with Crippen LogP contribution in [-0.2, 0) is 0 Å². The minimum absolute atomic E-state index is 0.256. The fourth-order valence-electron chi connectivity index (χ4n) is 2.18. The van der Waals surface area contributed by atoms with E-state index in [1.807, 2.05) is 12.1 Å². The largest absolute Gasteiger partial charge is 0.440 e. The van der Waals surface area contributed by atoms with Gasteiger partial charge in [-0.1, -0.05) is 0 Å². The number of halogens is 1. The molecule has 2 heterocycles. The molecule has 0 unspecified atom stereocenters. The van der Waals surface area contributed by atoms with Gasteiger partial charge in [0.15, 0.2) is 5.88 Å². The zero-order chi connectivity index (χ0) is 13.1. The third kappa shape index (κ3) is 2.84. The fraction of sp³-hybridized carbons (Fsp3) is 0.267. The van der Waals surface area contributed by atoms with Gasteiger partial charge in [-0.2, -0.15) is 0 Å². The third-order valence-corrected chi connectivity index (χ3v) is 3.20. The molecule has 0 N–H and O–H groups in total. The van der Waals surface area contributed by atoms with Gasteiger partial charge < -0.3 is 9.32 Å². The summed E-state index contributed by atoms with van der Waals surface area (Å²) in [5.74, 6) is 1.36. The van der Waals surface area contributed by atoms with Crippen LogP contribution in [0.4, 0.5) is 16.0 Å². The summed E-state index contributed by atoms with van der Waals surface area (Å²) >= 11 is 0. The molecule has 4 heteroatoms. The second-order valence-electron chi connectivity index (χ2n) is 4.60. The molecule has 1 aromatic carbocycles. The van der Waals surface area contributed by atoms with Crippen molar-refractivity contribution in [3.63, 3.8) is 0 Å². The van der Waals surface area contributed by atoms with E-state index in [1.165, 1.54) is 25.0 Å². The highest BCUT2D eigenvalue weighted by atomic mass is 19.1. The molecule has 1 aromatic heterocycles. The summed E-state index contributed by atoms with van der Waals surface area (Å²) in [7, 11) is 0. The molecular formula is C15H15FN2O. The van der Waals surface area contributed by atoms with Gasteiger partial charge in [-0.05, 0) is 43.2 Å². The van der Waals surface area contributed by atoms with Crippen molar-refractivity contribution < 1.29 is 8.81 Å². The van der Waals surface area contributed by atoms with E-state index in [9.17, 15) is 4.39 Å². The quantitative estimate of drug-likeness (QED) is 0.784. The summed E-state index contributed by atoms with van der Waals surface area (Å²) in [5.41, 5.74) is 0.709. The van der Waals surface area contributed by atoms with Crippen LogP contribution in [0.15, 0.2) is 45.8 Å². The predicted octanol–water partition coefficient (Wildman–Crippen LogP) is 3.77. The Bertz CT molecular complexity index is 568. The van der Waals surface area contributed by atoms with E-state index < -0.39 is 0 Å². The minimum Gasteiger partial charge on any atom is -0.440 e. The van der Waals surface area contributed by atoms with Crippen molar-refractivity contribution >= 4 is 17.8 Å². The van der Waals surface area contributed by atoms with E-state index in [2.05, 4.69) is 9.89 Å². The molecule has 0 aliphatic carbocycles. The van der Waals surface area contributed by atoms with Gasteiger partial charge in [-0.3, -0.25) is 4.99 Å². The van der Waals surface area contributed by atoms with Gasteiger partial charge in [0.1, 0.15) is 11.6 Å². The number of anilines is 1. The molecule has 1 aliphatic rings. The molecule has 0 radical (unpaired) electrons. The summed E-state index contributed by atoms with van der Waals surface area (Å²) < 4.78 is 18.5. The van der Waals surface area contributed by atoms with E-state index in [-0.39, 0.29) is 5.82 Å². The van der Waals surface area contributed by atoms with Gasteiger partial charge in [-0.25, -0.2) is 4.39 Å². The van der Waals surface area contributed by atoms with Crippen molar-refractivity contribution in [3.05, 3.63) is 48.0 Å². The number of furan rings is 1. The smallest absolute Gasteiger partial charge is 0.196 e. The Morgan fingerprint density at radius 1 is 1.05 bits per heavy atom. The van der Waals surface area contributed by atoms with E-state index in [1.54, 1.807) is 18.3 Å². The van der Waals surface area contributed by atoms with E-state index >= 15 is 0 Å². The maximum Gasteiger partial charge on any atom is 0.196 e. The molecule has 1 aliphatic heterocycles. The lowest BCUT2D eigenvalue weighted by Crippen LogP contribution is -2.16. The van der Waals surface area contributed by atoms with Crippen LogP contribution in [0.5, 0.6) is 0 Å². The Morgan fingerprint density at radius 3 is 2.53 bits per heavy atom. The average Bonchev–Trinajstić information content (AvgIpc) is 3.09. The summed E-state index contributed by atoms with van der Waals surface area (Å²) in [6.45, 7) is 2.12. The van der Waals surface area contributed by atoms with Crippen LogP contribution in [-0.4, -0.2) is 19.3 Å². The maximum absolute atomic E-state index is 12.8. The number of hydrogen-bond donors (Lipinski definition) is 0. The molecule has 0 amide bonds. The van der Waals surface area contributed by atoms with Gasteiger partial charge in [-0.15, -0.1) is 0 Å². The summed E-state index contributed by atoms with van der Waals surface area (Å²) in [6.07, 6.45) is 4.10. The molecule has 98 valence electrons. The van der Waals surface area contributed by atoms with Gasteiger partial charge in [0, 0.05) is 19.2 Å². The Balaban J connectivity index is 1.71. The maximum atomic E-state index is 12.8. The standard InChI is InChI=1S/C15H15FN2O/c16-12-3-5-13(6-4-12)17-11-14-7-8-15(19-14)18-9-1-2-10-18/h3-8,11H,1-2,9-10H2. The summed E-state index contributed by atoms with van der Waals surface area (Å²) in [6, 6.07) is 9.93. The number of aliphatic imine (C=N–C) groups is 1. The van der Waals surface area contributed by atoms with Gasteiger partial charge in [0.2, 0.25) is 0 Å². The van der Waals surface area contributed by atoms with Crippen LogP contribution in [0, 0.1) is 5.82 Å². The second kappa shape index (κ2) is 5.26. The fourth-order valence-corrected chi connectivity index (χ4v) is 2.18. The Morgan fingerprint density at radius 2 is 1.79 bits per heavy atom. The molecule has 3 nitrogen and oxygen atoms in total. The lowest BCUT2D eigenvalue weighted by molar-refractivity contribution is 0.550. The van der Waals surface area contributed by atoms with Crippen molar-refractivity contribution in [2.75, 3.05) is 18.0 Å². The first-order valence-electron chi connectivity index (χ1n) is 6.46. The predicted molar refractivity (Wildman–Crippen MR) is 73.8 cm³/mol. The lowest BCUT2D eigenvalue weighted by Gasteiger charge is -2.12. The number of rotatable bonds is 3. The molecule has 19 heavy (non-hydrogen) atoms. The molecule has 2 aromatic rings. The monoisotopic (exact) mass is 258 g/mol. The van der Waals surface area contributed by atoms with Crippen LogP contribution in [0.2, 0.25) is 0 Å². The first-order valence-corrected chi connectivity index (χ1v) is 6.46. The zero-order valence-electron chi connectivity index (χ0n) is 10.6. The van der Waals surface area contributed by atoms with Crippen molar-refractivity contribution in [2.45, 2.75) is 12.8 Å². The van der Waals surface area contributed by atoms with Crippen molar-refractivity contribution in [1.29, 1.82) is 0 Å². The highest BCUT2D eigenvalue weighted by Crippen LogP contribution is 2.22. The highest BCUT2D eigenvalue weighted by Gasteiger charge is 2.14. The normalized spacial score (nSPS) is 15.5. The average molecular weight is 258 g/mol. The number of benzene rings is 1. The van der Waals surface area contributed by atoms with Crippen molar-refractivity contribution in [1.82, 2.24) is 0 Å². The highest BCUT2D eigenvalue weighted by molar-refractivity contribution is 5.79. The molecule has 1 saturated heterocycles. The second-order valence-corrected chi connectivity index (χ2v) is 4.60. The van der Waals surface area contributed by atoms with Crippen molar-refractivity contribution in [3.8, 4) is 0 Å². The molecule has 0 bridgehead atoms. The van der Waals surface area contributed by atoms with E-state index in [0.29, 0.717) is 11.4 Å². The molecule has 0 atom stereocenters. The molecule has 1 fully saturated rings. The van der Waals surface area contributed by atoms with Gasteiger partial charge >= 0.3 is 0 Å². The molecule has 0 spiro atoms. The first kappa shape index (κ1) is 12.0. The van der Waals surface area contributed by atoms with Crippen molar-refractivity contribution in [2.24, 2.45) is 4.99 Å². The first-order chi connectivity index (χ1) is 9.31. The van der Waals surface area contributed by atoms with Crippen LogP contribution in [0.3, 0.4) is 0 Å². The van der Waals surface area contributed by atoms with Gasteiger partial charge in [0.25, 0.3) is 0 Å². The third-order valence-electron chi connectivity index (χ3n) is 3.20. The van der Waals surface area contributed by atoms with E-state index in [0.717, 1.165) is 19.0 Å². The summed E-state index contributed by atoms with van der Waals surface area (Å²) in [4.78, 5) is 6.48. The Hall–Kier alpha value is -2.10. The van der Waals surface area contributed by atoms with Crippen LogP contribution >= 0.6 is 0 Å². The molecular weight excluding hydrogens is 243 g/mol. The van der Waals surface area contributed by atoms with Crippen LogP contribution in [0.25, 0.3) is 0 Å².